The molecule has 0 saturated carbocycles. The highest BCUT2D eigenvalue weighted by molar-refractivity contribution is 7.92. The summed E-state index contributed by atoms with van der Waals surface area (Å²) in [6, 6.07) is 8.78. The first-order valence-corrected chi connectivity index (χ1v) is 10.4. The summed E-state index contributed by atoms with van der Waals surface area (Å²) in [6.07, 6.45) is 0. The Kier molecular flexibility index (Phi) is 5.91. The standard InChI is InChI=1S/C16H20N2O6S2/c1-11-5-6-12(2)16(9-11)26(21,22)18-17-25(19,20)13-7-8-14(23-3)15(10-13)24-4/h5-10,17-18H,1-4H3. The molecule has 0 saturated heterocycles. The van der Waals surface area contributed by atoms with E-state index in [0.29, 0.717) is 11.3 Å². The first kappa shape index (κ1) is 20.2. The van der Waals surface area contributed by atoms with Gasteiger partial charge in [0.05, 0.1) is 24.0 Å². The summed E-state index contributed by atoms with van der Waals surface area (Å²) in [5, 5.41) is 0. The average Bonchev–Trinajstić information content (AvgIpc) is 2.61. The molecule has 0 aliphatic heterocycles. The second-order valence-electron chi connectivity index (χ2n) is 5.50. The van der Waals surface area contributed by atoms with Crippen molar-refractivity contribution in [1.29, 1.82) is 0 Å². The van der Waals surface area contributed by atoms with Gasteiger partial charge in [0.15, 0.2) is 11.5 Å². The van der Waals surface area contributed by atoms with Gasteiger partial charge in [-0.25, -0.2) is 16.8 Å². The Balaban J connectivity index is 2.29. The summed E-state index contributed by atoms with van der Waals surface area (Å²) in [4.78, 5) is 3.61. The molecular formula is C16H20N2O6S2. The molecule has 2 rings (SSSR count). The zero-order chi connectivity index (χ0) is 19.5. The highest BCUT2D eigenvalue weighted by atomic mass is 32.2. The van der Waals surface area contributed by atoms with Crippen LogP contribution in [0.3, 0.4) is 0 Å². The number of hydrogen-bond acceptors (Lipinski definition) is 6. The summed E-state index contributed by atoms with van der Waals surface area (Å²) in [6.45, 7) is 3.36. The maximum Gasteiger partial charge on any atom is 0.254 e. The van der Waals surface area contributed by atoms with Gasteiger partial charge in [0, 0.05) is 6.07 Å². The zero-order valence-corrected chi connectivity index (χ0v) is 16.4. The van der Waals surface area contributed by atoms with Gasteiger partial charge in [-0.05, 0) is 43.2 Å². The molecule has 0 aromatic heterocycles. The lowest BCUT2D eigenvalue weighted by Crippen LogP contribution is -2.41. The predicted octanol–water partition coefficient (Wildman–Crippen LogP) is 1.49. The van der Waals surface area contributed by atoms with E-state index >= 15 is 0 Å². The van der Waals surface area contributed by atoms with Crippen molar-refractivity contribution in [1.82, 2.24) is 9.66 Å². The van der Waals surface area contributed by atoms with Crippen LogP contribution in [-0.4, -0.2) is 31.1 Å². The number of rotatable bonds is 7. The Hall–Kier alpha value is -2.14. The van der Waals surface area contributed by atoms with E-state index in [1.807, 2.05) is 9.66 Å². The van der Waals surface area contributed by atoms with Gasteiger partial charge in [0.1, 0.15) is 0 Å². The third kappa shape index (κ3) is 4.33. The first-order valence-electron chi connectivity index (χ1n) is 7.43. The molecule has 8 nitrogen and oxygen atoms in total. The van der Waals surface area contributed by atoms with Crippen molar-refractivity contribution >= 4 is 20.0 Å². The number of methoxy groups -OCH3 is 2. The molecule has 2 aromatic rings. The fourth-order valence-electron chi connectivity index (χ4n) is 2.20. The summed E-state index contributed by atoms with van der Waals surface area (Å²) in [5.41, 5.74) is 1.23. The van der Waals surface area contributed by atoms with E-state index in [4.69, 9.17) is 9.47 Å². The van der Waals surface area contributed by atoms with Crippen LogP contribution in [0.2, 0.25) is 0 Å². The summed E-state index contributed by atoms with van der Waals surface area (Å²) >= 11 is 0. The minimum Gasteiger partial charge on any atom is -0.493 e. The number of sulfonamides is 2. The van der Waals surface area contributed by atoms with E-state index in [2.05, 4.69) is 0 Å². The maximum absolute atomic E-state index is 12.4. The fourth-order valence-corrected chi connectivity index (χ4v) is 4.65. The summed E-state index contributed by atoms with van der Waals surface area (Å²) in [5.74, 6) is 0.551. The zero-order valence-electron chi connectivity index (χ0n) is 14.7. The van der Waals surface area contributed by atoms with E-state index in [1.54, 1.807) is 26.0 Å². The van der Waals surface area contributed by atoms with Crippen LogP contribution < -0.4 is 19.1 Å². The molecule has 0 fully saturated rings. The SMILES string of the molecule is COc1ccc(S(=O)(=O)NNS(=O)(=O)c2cc(C)ccc2C)cc1OC. The summed E-state index contributed by atoms with van der Waals surface area (Å²) < 4.78 is 59.7. The molecule has 0 aliphatic rings. The lowest BCUT2D eigenvalue weighted by atomic mass is 10.2. The van der Waals surface area contributed by atoms with Gasteiger partial charge in [0.25, 0.3) is 20.0 Å². The van der Waals surface area contributed by atoms with Crippen molar-refractivity contribution in [2.45, 2.75) is 23.6 Å². The van der Waals surface area contributed by atoms with Crippen LogP contribution >= 0.6 is 0 Å². The van der Waals surface area contributed by atoms with Crippen LogP contribution in [0.5, 0.6) is 11.5 Å². The van der Waals surface area contributed by atoms with Crippen LogP contribution in [0.1, 0.15) is 11.1 Å². The molecule has 0 heterocycles. The number of aryl methyl sites for hydroxylation is 2. The van der Waals surface area contributed by atoms with Gasteiger partial charge in [-0.1, -0.05) is 12.1 Å². The monoisotopic (exact) mass is 400 g/mol. The molecule has 0 aliphatic carbocycles. The van der Waals surface area contributed by atoms with E-state index in [-0.39, 0.29) is 15.5 Å². The average molecular weight is 400 g/mol. The molecule has 2 aromatic carbocycles. The molecule has 26 heavy (non-hydrogen) atoms. The van der Waals surface area contributed by atoms with Crippen molar-refractivity contribution in [2.24, 2.45) is 0 Å². The largest absolute Gasteiger partial charge is 0.493 e. The molecule has 10 heteroatoms. The van der Waals surface area contributed by atoms with Gasteiger partial charge in [-0.2, -0.15) is 0 Å². The van der Waals surface area contributed by atoms with Gasteiger partial charge in [-0.15, -0.1) is 9.66 Å². The Morgan fingerprint density at radius 2 is 1.38 bits per heavy atom. The van der Waals surface area contributed by atoms with E-state index in [9.17, 15) is 16.8 Å². The molecule has 0 amide bonds. The third-order valence-corrected chi connectivity index (χ3v) is 6.37. The molecule has 142 valence electrons. The van der Waals surface area contributed by atoms with Gasteiger partial charge < -0.3 is 9.47 Å². The van der Waals surface area contributed by atoms with Crippen molar-refractivity contribution in [3.8, 4) is 11.5 Å². The third-order valence-electron chi connectivity index (χ3n) is 3.61. The molecule has 0 unspecified atom stereocenters. The number of hydrazine groups is 1. The van der Waals surface area contributed by atoms with E-state index in [1.165, 1.54) is 38.5 Å². The number of benzene rings is 2. The smallest absolute Gasteiger partial charge is 0.254 e. The predicted molar refractivity (Wildman–Crippen MR) is 96.1 cm³/mol. The van der Waals surface area contributed by atoms with Crippen molar-refractivity contribution in [3.05, 3.63) is 47.5 Å². The topological polar surface area (TPSA) is 111 Å². The fraction of sp³-hybridized carbons (Fsp3) is 0.250. The van der Waals surface area contributed by atoms with Crippen LogP contribution in [-0.2, 0) is 20.0 Å². The second kappa shape index (κ2) is 7.62. The molecule has 0 spiro atoms. The summed E-state index contributed by atoms with van der Waals surface area (Å²) in [7, 11) is -5.45. The molecule has 0 bridgehead atoms. The molecule has 0 atom stereocenters. The van der Waals surface area contributed by atoms with Crippen LogP contribution in [0, 0.1) is 13.8 Å². The van der Waals surface area contributed by atoms with Crippen molar-refractivity contribution in [3.63, 3.8) is 0 Å². The Morgan fingerprint density at radius 3 is 2.00 bits per heavy atom. The first-order chi connectivity index (χ1) is 12.1. The van der Waals surface area contributed by atoms with Gasteiger partial charge >= 0.3 is 0 Å². The maximum atomic E-state index is 12.4. The minimum absolute atomic E-state index is 0.00693. The lowest BCUT2D eigenvalue weighted by molar-refractivity contribution is 0.354. The van der Waals surface area contributed by atoms with Crippen LogP contribution in [0.15, 0.2) is 46.2 Å². The van der Waals surface area contributed by atoms with Gasteiger partial charge in [-0.3, -0.25) is 0 Å². The molecular weight excluding hydrogens is 380 g/mol. The Morgan fingerprint density at radius 1 is 0.769 bits per heavy atom. The normalized spacial score (nSPS) is 12.0. The van der Waals surface area contributed by atoms with Crippen molar-refractivity contribution in [2.75, 3.05) is 14.2 Å². The van der Waals surface area contributed by atoms with Crippen molar-refractivity contribution < 1.29 is 26.3 Å². The Labute approximate surface area is 153 Å². The lowest BCUT2D eigenvalue weighted by Gasteiger charge is -2.13. The molecule has 0 radical (unpaired) electrons. The quantitative estimate of drug-likeness (QED) is 0.682. The van der Waals surface area contributed by atoms with E-state index < -0.39 is 20.0 Å². The Bertz CT molecular complexity index is 1020. The number of ether oxygens (including phenoxy) is 2. The second-order valence-corrected chi connectivity index (χ2v) is 8.83. The van der Waals surface area contributed by atoms with Crippen LogP contribution in [0.4, 0.5) is 0 Å². The van der Waals surface area contributed by atoms with Gasteiger partial charge in [0.2, 0.25) is 0 Å². The van der Waals surface area contributed by atoms with Crippen LogP contribution in [0.25, 0.3) is 0 Å². The number of nitrogens with one attached hydrogen (secondary N) is 2. The van der Waals surface area contributed by atoms with E-state index in [0.717, 1.165) is 5.56 Å². The molecule has 2 N–H and O–H groups in total. The highest BCUT2D eigenvalue weighted by Gasteiger charge is 2.22. The number of hydrogen-bond donors (Lipinski definition) is 2. The highest BCUT2D eigenvalue weighted by Crippen LogP contribution is 2.29. The minimum atomic E-state index is -4.16.